The molecular formula is C25H24N2O. The Hall–Kier alpha value is -3.33. The van der Waals surface area contributed by atoms with E-state index in [0.717, 1.165) is 17.1 Å². The Morgan fingerprint density at radius 1 is 0.786 bits per heavy atom. The van der Waals surface area contributed by atoms with E-state index >= 15 is 0 Å². The lowest BCUT2D eigenvalue weighted by Gasteiger charge is -2.10. The number of hydrogen-bond acceptors (Lipinski definition) is 2. The number of aryl methyl sites for hydroxylation is 2. The summed E-state index contributed by atoms with van der Waals surface area (Å²) < 4.78 is 7.38. The van der Waals surface area contributed by atoms with E-state index in [9.17, 15) is 0 Å². The molecule has 0 unspecified atom stereocenters. The molecule has 1 aromatic heterocycles. The fraction of sp³-hybridized carbons (Fsp3) is 0.160. The normalized spacial score (nSPS) is 10.8. The maximum absolute atomic E-state index is 5.28. The molecular weight excluding hydrogens is 344 g/mol. The second-order valence-corrected chi connectivity index (χ2v) is 7.05. The highest BCUT2D eigenvalue weighted by atomic mass is 16.5. The molecule has 0 saturated heterocycles. The van der Waals surface area contributed by atoms with Gasteiger partial charge in [0.2, 0.25) is 0 Å². The lowest BCUT2D eigenvalue weighted by molar-refractivity contribution is 0.414. The number of nitrogens with zero attached hydrogens (tertiary/aromatic N) is 2. The third kappa shape index (κ3) is 3.56. The van der Waals surface area contributed by atoms with Gasteiger partial charge in [-0.05, 0) is 48.7 Å². The Balaban J connectivity index is 1.81. The van der Waals surface area contributed by atoms with Crippen LogP contribution in [-0.2, 0) is 6.54 Å². The first-order valence-corrected chi connectivity index (χ1v) is 9.48. The van der Waals surface area contributed by atoms with E-state index in [1.807, 2.05) is 12.1 Å². The predicted molar refractivity (Wildman–Crippen MR) is 115 cm³/mol. The maximum Gasteiger partial charge on any atom is 0.118 e. The minimum atomic E-state index is 0.708. The van der Waals surface area contributed by atoms with E-state index in [1.165, 1.54) is 27.8 Å². The van der Waals surface area contributed by atoms with Gasteiger partial charge in [0.25, 0.3) is 0 Å². The van der Waals surface area contributed by atoms with Crippen molar-refractivity contribution in [1.29, 1.82) is 0 Å². The highest BCUT2D eigenvalue weighted by Gasteiger charge is 2.14. The Morgan fingerprint density at radius 2 is 1.39 bits per heavy atom. The van der Waals surface area contributed by atoms with Gasteiger partial charge < -0.3 is 4.74 Å². The van der Waals surface area contributed by atoms with Gasteiger partial charge in [0.1, 0.15) is 5.75 Å². The van der Waals surface area contributed by atoms with Gasteiger partial charge in [-0.25, -0.2) is 0 Å². The number of ether oxygens (including phenoxy) is 1. The van der Waals surface area contributed by atoms with Crippen molar-refractivity contribution in [2.24, 2.45) is 0 Å². The Kier molecular flexibility index (Phi) is 4.98. The molecule has 3 aromatic carbocycles. The van der Waals surface area contributed by atoms with Crippen LogP contribution in [0.3, 0.4) is 0 Å². The zero-order chi connectivity index (χ0) is 19.5. The van der Waals surface area contributed by atoms with Crippen LogP contribution in [0, 0.1) is 13.8 Å². The third-order valence-electron chi connectivity index (χ3n) is 5.11. The molecule has 0 radical (unpaired) electrons. The summed E-state index contributed by atoms with van der Waals surface area (Å²) in [7, 11) is 1.69. The van der Waals surface area contributed by atoms with E-state index in [-0.39, 0.29) is 0 Å². The molecule has 3 heteroatoms. The van der Waals surface area contributed by atoms with Crippen molar-refractivity contribution >= 4 is 0 Å². The van der Waals surface area contributed by atoms with Gasteiger partial charge in [0.15, 0.2) is 0 Å². The van der Waals surface area contributed by atoms with E-state index in [4.69, 9.17) is 9.84 Å². The lowest BCUT2D eigenvalue weighted by Crippen LogP contribution is -2.04. The van der Waals surface area contributed by atoms with Crippen LogP contribution in [0.15, 0.2) is 78.9 Å². The minimum Gasteiger partial charge on any atom is -0.497 e. The molecule has 3 nitrogen and oxygen atoms in total. The van der Waals surface area contributed by atoms with Crippen LogP contribution in [0.1, 0.15) is 16.7 Å². The molecule has 4 rings (SSSR count). The molecule has 140 valence electrons. The number of rotatable bonds is 5. The summed E-state index contributed by atoms with van der Waals surface area (Å²) >= 11 is 0. The monoisotopic (exact) mass is 368 g/mol. The first-order valence-electron chi connectivity index (χ1n) is 9.48. The first kappa shape index (κ1) is 18.1. The molecule has 0 atom stereocenters. The maximum atomic E-state index is 5.28. The fourth-order valence-electron chi connectivity index (χ4n) is 3.51. The highest BCUT2D eigenvalue weighted by Crippen LogP contribution is 2.30. The number of aromatic nitrogens is 2. The summed E-state index contributed by atoms with van der Waals surface area (Å²) in [6.07, 6.45) is 0. The average molecular weight is 368 g/mol. The summed E-state index contributed by atoms with van der Waals surface area (Å²) in [4.78, 5) is 0. The second-order valence-electron chi connectivity index (χ2n) is 7.05. The molecule has 0 amide bonds. The first-order chi connectivity index (χ1) is 13.7. The van der Waals surface area contributed by atoms with Gasteiger partial charge in [0, 0.05) is 11.1 Å². The summed E-state index contributed by atoms with van der Waals surface area (Å²) in [5.74, 6) is 0.865. The number of methoxy groups -OCH3 is 1. The van der Waals surface area contributed by atoms with Gasteiger partial charge in [-0.3, -0.25) is 4.68 Å². The van der Waals surface area contributed by atoms with Gasteiger partial charge >= 0.3 is 0 Å². The summed E-state index contributed by atoms with van der Waals surface area (Å²) in [6.45, 7) is 4.98. The number of benzene rings is 3. The van der Waals surface area contributed by atoms with Crippen molar-refractivity contribution in [3.05, 3.63) is 95.6 Å². The van der Waals surface area contributed by atoms with Gasteiger partial charge in [-0.1, -0.05) is 60.7 Å². The molecule has 0 aliphatic rings. The molecule has 0 bridgehead atoms. The van der Waals surface area contributed by atoms with Crippen LogP contribution in [0.4, 0.5) is 0 Å². The third-order valence-corrected chi connectivity index (χ3v) is 5.11. The van der Waals surface area contributed by atoms with Crippen LogP contribution >= 0.6 is 0 Å². The summed E-state index contributed by atoms with van der Waals surface area (Å²) in [6, 6.07) is 27.2. The minimum absolute atomic E-state index is 0.708. The molecule has 0 saturated carbocycles. The zero-order valence-corrected chi connectivity index (χ0v) is 16.5. The van der Waals surface area contributed by atoms with Crippen molar-refractivity contribution in [2.75, 3.05) is 7.11 Å². The quantitative estimate of drug-likeness (QED) is 0.439. The molecule has 0 N–H and O–H groups in total. The Labute approximate surface area is 166 Å². The van der Waals surface area contributed by atoms with Gasteiger partial charge in [-0.2, -0.15) is 5.10 Å². The van der Waals surface area contributed by atoms with Crippen molar-refractivity contribution in [2.45, 2.75) is 20.4 Å². The van der Waals surface area contributed by atoms with E-state index in [2.05, 4.69) is 85.3 Å². The fourth-order valence-corrected chi connectivity index (χ4v) is 3.51. The van der Waals surface area contributed by atoms with Crippen LogP contribution in [0.2, 0.25) is 0 Å². The summed E-state index contributed by atoms with van der Waals surface area (Å²) in [5, 5.41) is 4.98. The SMILES string of the molecule is COc1ccc(Cn2nc(-c3ccccc3C)cc2-c2ccccc2C)cc1. The largest absolute Gasteiger partial charge is 0.497 e. The Bertz CT molecular complexity index is 1090. The molecule has 0 aliphatic carbocycles. The second kappa shape index (κ2) is 7.73. The van der Waals surface area contributed by atoms with Crippen molar-refractivity contribution < 1.29 is 4.74 Å². The van der Waals surface area contributed by atoms with Gasteiger partial charge in [0.05, 0.1) is 25.0 Å². The molecule has 28 heavy (non-hydrogen) atoms. The smallest absolute Gasteiger partial charge is 0.118 e. The molecule has 1 heterocycles. The predicted octanol–water partition coefficient (Wildman–Crippen LogP) is 5.89. The lowest BCUT2D eigenvalue weighted by atomic mass is 10.0. The van der Waals surface area contributed by atoms with Crippen LogP contribution in [0.25, 0.3) is 22.5 Å². The van der Waals surface area contributed by atoms with Crippen LogP contribution < -0.4 is 4.74 Å². The standard InChI is InChI=1S/C25H24N2O/c1-18-8-4-6-10-22(18)24-16-25(23-11-7-5-9-19(23)2)27(26-24)17-20-12-14-21(28-3)15-13-20/h4-16H,17H2,1-3H3. The van der Waals surface area contributed by atoms with Crippen molar-refractivity contribution in [3.8, 4) is 28.3 Å². The highest BCUT2D eigenvalue weighted by molar-refractivity contribution is 5.72. The van der Waals surface area contributed by atoms with E-state index in [1.54, 1.807) is 7.11 Å². The van der Waals surface area contributed by atoms with Crippen LogP contribution in [-0.4, -0.2) is 16.9 Å². The Morgan fingerprint density at radius 3 is 2.00 bits per heavy atom. The molecule has 4 aromatic rings. The van der Waals surface area contributed by atoms with E-state index in [0.29, 0.717) is 6.54 Å². The molecule has 0 fully saturated rings. The van der Waals surface area contributed by atoms with Crippen molar-refractivity contribution in [3.63, 3.8) is 0 Å². The topological polar surface area (TPSA) is 27.1 Å². The summed E-state index contributed by atoms with van der Waals surface area (Å²) in [5.41, 5.74) is 8.18. The zero-order valence-electron chi connectivity index (χ0n) is 16.5. The molecule has 0 aliphatic heterocycles. The van der Waals surface area contributed by atoms with E-state index < -0.39 is 0 Å². The number of hydrogen-bond donors (Lipinski definition) is 0. The van der Waals surface area contributed by atoms with Crippen LogP contribution in [0.5, 0.6) is 5.75 Å². The van der Waals surface area contributed by atoms with Crippen molar-refractivity contribution in [1.82, 2.24) is 9.78 Å². The van der Waals surface area contributed by atoms with Gasteiger partial charge in [-0.15, -0.1) is 0 Å². The molecule has 0 spiro atoms. The average Bonchev–Trinajstić information content (AvgIpc) is 3.12.